The molecule has 0 amide bonds. The molecule has 2 bridgehead atoms. The van der Waals surface area contributed by atoms with Gasteiger partial charge >= 0.3 is 0 Å². The van der Waals surface area contributed by atoms with Crippen molar-refractivity contribution in [3.8, 4) is 28.7 Å². The Labute approximate surface area is 250 Å². The van der Waals surface area contributed by atoms with Gasteiger partial charge in [0.2, 0.25) is 0 Å². The molecule has 0 radical (unpaired) electrons. The Bertz CT molecular complexity index is 1920. The van der Waals surface area contributed by atoms with Gasteiger partial charge in [-0.05, 0) is 84.8 Å². The molecule has 208 valence electrons. The predicted molar refractivity (Wildman–Crippen MR) is 166 cm³/mol. The van der Waals surface area contributed by atoms with Gasteiger partial charge in [-0.15, -0.1) is 0 Å². The first-order chi connectivity index (χ1) is 21.3. The third-order valence-electron chi connectivity index (χ3n) is 9.47. The van der Waals surface area contributed by atoms with Gasteiger partial charge in [-0.25, -0.2) is 4.68 Å². The largest absolute Gasteiger partial charge is 0.457 e. The number of nitrogens with zero attached hydrogens (tertiary/aromatic N) is 3. The van der Waals surface area contributed by atoms with Crippen molar-refractivity contribution < 1.29 is 9.47 Å². The maximum Gasteiger partial charge on any atom is 0.132 e. The van der Waals surface area contributed by atoms with E-state index in [1.54, 1.807) is 0 Å². The van der Waals surface area contributed by atoms with Crippen LogP contribution in [0.1, 0.15) is 64.7 Å². The molecule has 9 rings (SSSR count). The van der Waals surface area contributed by atoms with Crippen LogP contribution in [0.3, 0.4) is 0 Å². The van der Waals surface area contributed by atoms with Crippen LogP contribution in [0, 0.1) is 0 Å². The minimum atomic E-state index is -0.692. The standard InChI is InChI=1S/C38H29N3O2/c1-3-15-34-32(13-1)38(36-17-5-6-20-39-36,33-14-2-4-16-35(33)43-34)27-9-7-11-29(22-27)42-30-12-8-10-28(23-30)41-24-31-25-18-19-26(21-25)37(31)40-41/h1-17,20,22-26H,18-19,21H2/t25-,26+/m0/s1. The molecule has 1 fully saturated rings. The predicted octanol–water partition coefficient (Wildman–Crippen LogP) is 8.91. The lowest BCUT2D eigenvalue weighted by molar-refractivity contribution is 0.431. The first kappa shape index (κ1) is 24.4. The smallest absolute Gasteiger partial charge is 0.132 e. The quantitative estimate of drug-likeness (QED) is 0.211. The fourth-order valence-corrected chi connectivity index (χ4v) is 7.61. The van der Waals surface area contributed by atoms with Gasteiger partial charge in [-0.3, -0.25) is 4.98 Å². The fourth-order valence-electron chi connectivity index (χ4n) is 7.61. The van der Waals surface area contributed by atoms with Crippen LogP contribution >= 0.6 is 0 Å². The second-order valence-electron chi connectivity index (χ2n) is 11.8. The van der Waals surface area contributed by atoms with Gasteiger partial charge in [0, 0.05) is 35.5 Å². The van der Waals surface area contributed by atoms with E-state index in [0.717, 1.165) is 51.1 Å². The van der Waals surface area contributed by atoms with Gasteiger partial charge in [-0.1, -0.05) is 60.7 Å². The minimum absolute atomic E-state index is 0.635. The lowest BCUT2D eigenvalue weighted by Crippen LogP contribution is -2.35. The highest BCUT2D eigenvalue weighted by Crippen LogP contribution is 2.55. The van der Waals surface area contributed by atoms with Crippen molar-refractivity contribution in [2.45, 2.75) is 36.5 Å². The molecule has 0 saturated heterocycles. The Morgan fingerprint density at radius 2 is 1.44 bits per heavy atom. The summed E-state index contributed by atoms with van der Waals surface area (Å²) in [5.74, 6) is 4.49. The summed E-state index contributed by atoms with van der Waals surface area (Å²) in [5, 5.41) is 4.99. The van der Waals surface area contributed by atoms with E-state index in [4.69, 9.17) is 19.6 Å². The summed E-state index contributed by atoms with van der Waals surface area (Å²) in [7, 11) is 0. The number of hydrogen-bond acceptors (Lipinski definition) is 4. The number of pyridine rings is 1. The highest BCUT2D eigenvalue weighted by molar-refractivity contribution is 5.68. The first-order valence-corrected chi connectivity index (χ1v) is 15.0. The third kappa shape index (κ3) is 3.71. The van der Waals surface area contributed by atoms with Crippen molar-refractivity contribution in [1.29, 1.82) is 0 Å². The van der Waals surface area contributed by atoms with E-state index >= 15 is 0 Å². The minimum Gasteiger partial charge on any atom is -0.457 e. The molecule has 3 aliphatic rings. The molecule has 2 atom stereocenters. The second-order valence-corrected chi connectivity index (χ2v) is 11.8. The van der Waals surface area contributed by atoms with E-state index < -0.39 is 5.41 Å². The van der Waals surface area contributed by atoms with Crippen LogP contribution in [-0.4, -0.2) is 14.8 Å². The van der Waals surface area contributed by atoms with Gasteiger partial charge in [0.05, 0.1) is 22.5 Å². The van der Waals surface area contributed by atoms with Gasteiger partial charge < -0.3 is 9.47 Å². The van der Waals surface area contributed by atoms with E-state index in [1.165, 1.54) is 30.5 Å². The summed E-state index contributed by atoms with van der Waals surface area (Å²) in [4.78, 5) is 4.94. The van der Waals surface area contributed by atoms with Crippen LogP contribution in [0.4, 0.5) is 0 Å². The fraction of sp³-hybridized carbons (Fsp3) is 0.158. The van der Waals surface area contributed by atoms with E-state index in [1.807, 2.05) is 65.5 Å². The van der Waals surface area contributed by atoms with Crippen molar-refractivity contribution in [3.05, 3.63) is 161 Å². The number of aromatic nitrogens is 3. The molecule has 3 heterocycles. The normalized spacial score (nSPS) is 18.8. The molecule has 43 heavy (non-hydrogen) atoms. The third-order valence-corrected chi connectivity index (χ3v) is 9.47. The van der Waals surface area contributed by atoms with Crippen LogP contribution in [0.5, 0.6) is 23.0 Å². The summed E-state index contributed by atoms with van der Waals surface area (Å²) >= 11 is 0. The van der Waals surface area contributed by atoms with Crippen LogP contribution in [-0.2, 0) is 5.41 Å². The number of benzene rings is 4. The molecule has 2 aliphatic carbocycles. The molecule has 5 heteroatoms. The summed E-state index contributed by atoms with van der Waals surface area (Å²) < 4.78 is 15.0. The Morgan fingerprint density at radius 1 is 0.721 bits per heavy atom. The molecule has 5 nitrogen and oxygen atoms in total. The molecule has 2 aromatic heterocycles. The van der Waals surface area contributed by atoms with E-state index in [2.05, 4.69) is 66.9 Å². The molecule has 0 N–H and O–H groups in total. The van der Waals surface area contributed by atoms with Crippen LogP contribution in [0.15, 0.2) is 128 Å². The van der Waals surface area contributed by atoms with Gasteiger partial charge in [-0.2, -0.15) is 5.10 Å². The van der Waals surface area contributed by atoms with Crippen molar-refractivity contribution in [2.24, 2.45) is 0 Å². The zero-order chi connectivity index (χ0) is 28.4. The average molecular weight is 560 g/mol. The lowest BCUT2D eigenvalue weighted by atomic mass is 9.65. The first-order valence-electron chi connectivity index (χ1n) is 15.0. The molecular formula is C38H29N3O2. The summed E-state index contributed by atoms with van der Waals surface area (Å²) in [6.07, 6.45) is 7.94. The number of para-hydroxylation sites is 2. The molecule has 0 spiro atoms. The number of hydrogen-bond donors (Lipinski definition) is 0. The van der Waals surface area contributed by atoms with Gasteiger partial charge in [0.1, 0.15) is 23.0 Å². The van der Waals surface area contributed by atoms with Crippen LogP contribution < -0.4 is 9.47 Å². The lowest BCUT2D eigenvalue weighted by Gasteiger charge is -2.40. The molecule has 1 saturated carbocycles. The number of fused-ring (bicyclic) bond motifs is 7. The van der Waals surface area contributed by atoms with Crippen molar-refractivity contribution >= 4 is 0 Å². The highest BCUT2D eigenvalue weighted by Gasteiger charge is 2.46. The number of ether oxygens (including phenoxy) is 2. The summed E-state index contributed by atoms with van der Waals surface area (Å²) in [6.45, 7) is 0. The van der Waals surface area contributed by atoms with Crippen LogP contribution in [0.2, 0.25) is 0 Å². The molecule has 1 aliphatic heterocycles. The highest BCUT2D eigenvalue weighted by atomic mass is 16.5. The molecule has 6 aromatic rings. The maximum atomic E-state index is 6.57. The average Bonchev–Trinajstić information content (AvgIpc) is 3.80. The Hall–Kier alpha value is -5.16. The zero-order valence-electron chi connectivity index (χ0n) is 23.6. The van der Waals surface area contributed by atoms with Crippen molar-refractivity contribution in [1.82, 2.24) is 14.8 Å². The SMILES string of the molecule is c1ccc(C2(c3cccc(Oc4cccc(-n5cc6c(n5)[C@@H]5CC[C@H]6C5)c4)c3)c3ccccc3Oc3ccccc32)nc1. The topological polar surface area (TPSA) is 49.2 Å². The summed E-state index contributed by atoms with van der Waals surface area (Å²) in [5.41, 5.74) is 7.14. The molecule has 4 aromatic carbocycles. The molecule has 0 unspecified atom stereocenters. The maximum absolute atomic E-state index is 6.57. The van der Waals surface area contributed by atoms with Crippen molar-refractivity contribution in [3.63, 3.8) is 0 Å². The Balaban J connectivity index is 1.15. The van der Waals surface area contributed by atoms with Crippen molar-refractivity contribution in [2.75, 3.05) is 0 Å². The van der Waals surface area contributed by atoms with E-state index in [9.17, 15) is 0 Å². The molecular weight excluding hydrogens is 530 g/mol. The Morgan fingerprint density at radius 3 is 2.21 bits per heavy atom. The summed E-state index contributed by atoms with van der Waals surface area (Å²) in [6, 6.07) is 39.2. The second kappa shape index (κ2) is 9.43. The van der Waals surface area contributed by atoms with E-state index in [0.29, 0.717) is 11.8 Å². The van der Waals surface area contributed by atoms with E-state index in [-0.39, 0.29) is 0 Å². The zero-order valence-corrected chi connectivity index (χ0v) is 23.6. The van der Waals surface area contributed by atoms with Gasteiger partial charge in [0.15, 0.2) is 0 Å². The van der Waals surface area contributed by atoms with Gasteiger partial charge in [0.25, 0.3) is 0 Å². The number of rotatable bonds is 5. The van der Waals surface area contributed by atoms with Crippen LogP contribution in [0.25, 0.3) is 5.69 Å². The monoisotopic (exact) mass is 559 g/mol. The Kier molecular flexibility index (Phi) is 5.36.